The van der Waals surface area contributed by atoms with Gasteiger partial charge in [-0.15, -0.1) is 0 Å². The van der Waals surface area contributed by atoms with E-state index in [1.807, 2.05) is 13.8 Å². The highest BCUT2D eigenvalue weighted by Gasteiger charge is 2.35. The Morgan fingerprint density at radius 2 is 1.65 bits per heavy atom. The van der Waals surface area contributed by atoms with Gasteiger partial charge in [-0.05, 0) is 91.9 Å². The number of primary amides is 1. The quantitative estimate of drug-likeness (QED) is 0.163. The smallest absolute Gasteiger partial charge is 0.251 e. The Morgan fingerprint density at radius 3 is 2.33 bits per heavy atom. The van der Waals surface area contributed by atoms with Crippen LogP contribution in [0.3, 0.4) is 0 Å². The number of alkyl halides is 2. The number of benzene rings is 3. The summed E-state index contributed by atoms with van der Waals surface area (Å²) in [7, 11) is 0. The average molecular weight is 636 g/mol. The van der Waals surface area contributed by atoms with Gasteiger partial charge in [0.05, 0.1) is 34.7 Å². The molecule has 46 heavy (non-hydrogen) atoms. The van der Waals surface area contributed by atoms with Gasteiger partial charge in [0.15, 0.2) is 0 Å². The van der Waals surface area contributed by atoms with Crippen molar-refractivity contribution in [2.24, 2.45) is 5.73 Å². The lowest BCUT2D eigenvalue weighted by Gasteiger charge is -2.27. The second-order valence-corrected chi connectivity index (χ2v) is 11.4. The number of amides is 2. The van der Waals surface area contributed by atoms with Crippen molar-refractivity contribution in [2.75, 3.05) is 0 Å². The summed E-state index contributed by atoms with van der Waals surface area (Å²) in [6.45, 7) is 4.44. The largest absolute Gasteiger partial charge is 0.366 e. The fraction of sp³-hybridized carbons (Fsp3) is 0.235. The molecule has 5 rings (SSSR count). The molecule has 3 aromatic carbocycles. The Bertz CT molecular complexity index is 1930. The minimum atomic E-state index is -3.27. The van der Waals surface area contributed by atoms with Crippen molar-refractivity contribution in [3.05, 3.63) is 119 Å². The molecule has 0 saturated heterocycles. The molecule has 0 aliphatic heterocycles. The van der Waals surface area contributed by atoms with Gasteiger partial charge < -0.3 is 15.6 Å². The number of halogens is 5. The van der Waals surface area contributed by atoms with E-state index < -0.39 is 53.7 Å². The number of aromatic nitrogens is 3. The predicted octanol–water partition coefficient (Wildman–Crippen LogP) is 6.92. The van der Waals surface area contributed by atoms with Gasteiger partial charge in [0.25, 0.3) is 5.91 Å². The van der Waals surface area contributed by atoms with Crippen molar-refractivity contribution in [3.8, 4) is 11.1 Å². The number of carbonyl (C=O) groups excluding carboxylic acids is 2. The molecule has 238 valence electrons. The normalized spacial score (nSPS) is 13.0. The van der Waals surface area contributed by atoms with E-state index in [0.717, 1.165) is 29.3 Å². The maximum Gasteiger partial charge on any atom is 0.251 e. The van der Waals surface area contributed by atoms with Crippen LogP contribution in [0.5, 0.6) is 0 Å². The summed E-state index contributed by atoms with van der Waals surface area (Å²) >= 11 is 0. The molecule has 0 unspecified atom stereocenters. The number of nitrogens with two attached hydrogens (primary N) is 1. The Morgan fingerprint density at radius 1 is 0.957 bits per heavy atom. The molecule has 0 bridgehead atoms. The highest BCUT2D eigenvalue weighted by atomic mass is 19.3. The third-order valence-corrected chi connectivity index (χ3v) is 7.77. The Labute approximate surface area is 261 Å². The molecule has 0 fully saturated rings. The molecule has 2 aromatic heterocycles. The van der Waals surface area contributed by atoms with Crippen LogP contribution in [0.25, 0.3) is 22.2 Å². The summed E-state index contributed by atoms with van der Waals surface area (Å²) in [4.78, 5) is 34.7. The average Bonchev–Trinajstić information content (AvgIpc) is 3.37. The lowest BCUT2D eigenvalue weighted by molar-refractivity contribution is -0.128. The van der Waals surface area contributed by atoms with Crippen LogP contribution in [0.1, 0.15) is 58.2 Å². The summed E-state index contributed by atoms with van der Waals surface area (Å²) in [5, 5.41) is 2.79. The standard InChI is InChI=1S/C34H30F5N5O2/c1-18-9-27-29(10-19(18)2)44(17-42-27)30(16-34(3,38)39)33(46)43-28(13-20-11-22(35)15-23(36)12-20)31-24(5-4-8-41-31)21-6-7-26(37)25(14-21)32(40)45/h4-12,14-15,17,28,30H,13,16H2,1-3H3,(H2,40,45)(H,43,46)/t28-,30+/m0/s1. The van der Waals surface area contributed by atoms with Gasteiger partial charge in [-0.2, -0.15) is 0 Å². The summed E-state index contributed by atoms with van der Waals surface area (Å²) in [6.07, 6.45) is 1.65. The van der Waals surface area contributed by atoms with Crippen molar-refractivity contribution in [3.63, 3.8) is 0 Å². The second-order valence-electron chi connectivity index (χ2n) is 11.4. The van der Waals surface area contributed by atoms with Crippen LogP contribution in [-0.2, 0) is 11.2 Å². The number of hydrogen-bond donors (Lipinski definition) is 2. The van der Waals surface area contributed by atoms with E-state index in [1.54, 1.807) is 24.3 Å². The topological polar surface area (TPSA) is 103 Å². The zero-order valence-electron chi connectivity index (χ0n) is 25.1. The zero-order chi connectivity index (χ0) is 33.3. The van der Waals surface area contributed by atoms with Crippen LogP contribution in [0.2, 0.25) is 0 Å². The number of rotatable bonds is 10. The number of pyridine rings is 1. The maximum atomic E-state index is 14.6. The lowest BCUT2D eigenvalue weighted by Crippen LogP contribution is -2.38. The molecule has 3 N–H and O–H groups in total. The predicted molar refractivity (Wildman–Crippen MR) is 163 cm³/mol. The van der Waals surface area contributed by atoms with Gasteiger partial charge in [0.2, 0.25) is 11.8 Å². The molecule has 7 nitrogen and oxygen atoms in total. The first kappa shape index (κ1) is 32.3. The summed E-state index contributed by atoms with van der Waals surface area (Å²) in [5.74, 6) is -7.66. The van der Waals surface area contributed by atoms with Gasteiger partial charge in [-0.3, -0.25) is 14.6 Å². The molecule has 2 atom stereocenters. The first-order valence-corrected chi connectivity index (χ1v) is 14.3. The Hall–Kier alpha value is -5.13. The third kappa shape index (κ3) is 7.06. The first-order valence-electron chi connectivity index (χ1n) is 14.3. The van der Waals surface area contributed by atoms with Gasteiger partial charge in [-0.1, -0.05) is 12.1 Å². The highest BCUT2D eigenvalue weighted by molar-refractivity contribution is 5.94. The monoisotopic (exact) mass is 635 g/mol. The van der Waals surface area contributed by atoms with Gasteiger partial charge in [0.1, 0.15) is 23.5 Å². The van der Waals surface area contributed by atoms with Crippen molar-refractivity contribution < 1.29 is 31.5 Å². The number of hydrogen-bond acceptors (Lipinski definition) is 4. The van der Waals surface area contributed by atoms with Crippen LogP contribution in [0.15, 0.2) is 73.2 Å². The fourth-order valence-corrected chi connectivity index (χ4v) is 5.46. The minimum Gasteiger partial charge on any atom is -0.366 e. The summed E-state index contributed by atoms with van der Waals surface area (Å²) in [6, 6.07) is 10.7. The lowest BCUT2D eigenvalue weighted by atomic mass is 9.94. The number of imidazole rings is 1. The SMILES string of the molecule is Cc1cc2ncn([C@H](CC(C)(F)F)C(=O)N[C@@H](Cc3cc(F)cc(F)c3)c3ncccc3-c3ccc(F)c(C(N)=O)c3)c2cc1C. The van der Waals surface area contributed by atoms with E-state index in [2.05, 4.69) is 15.3 Å². The molecule has 0 aliphatic rings. The van der Waals surface area contributed by atoms with Gasteiger partial charge in [-0.25, -0.2) is 26.9 Å². The third-order valence-electron chi connectivity index (χ3n) is 7.77. The molecule has 2 heterocycles. The van der Waals surface area contributed by atoms with Crippen molar-refractivity contribution in [1.29, 1.82) is 0 Å². The van der Waals surface area contributed by atoms with E-state index in [9.17, 15) is 31.5 Å². The molecular formula is C34H30F5N5O2. The van der Waals surface area contributed by atoms with E-state index >= 15 is 0 Å². The number of carbonyl (C=O) groups is 2. The highest BCUT2D eigenvalue weighted by Crippen LogP contribution is 2.33. The molecular weight excluding hydrogens is 605 g/mol. The number of nitrogens with zero attached hydrogens (tertiary/aromatic N) is 3. The second kappa shape index (κ2) is 12.7. The van der Waals surface area contributed by atoms with Crippen LogP contribution in [0, 0.1) is 31.3 Å². The fourth-order valence-electron chi connectivity index (χ4n) is 5.46. The molecule has 0 aliphatic carbocycles. The van der Waals surface area contributed by atoms with E-state index in [4.69, 9.17) is 5.73 Å². The molecule has 5 aromatic rings. The van der Waals surface area contributed by atoms with E-state index in [0.29, 0.717) is 35.2 Å². The van der Waals surface area contributed by atoms with Crippen LogP contribution < -0.4 is 11.1 Å². The first-order chi connectivity index (χ1) is 21.7. The Balaban J connectivity index is 1.62. The molecule has 0 radical (unpaired) electrons. The summed E-state index contributed by atoms with van der Waals surface area (Å²) < 4.78 is 73.4. The van der Waals surface area contributed by atoms with Crippen molar-refractivity contribution in [1.82, 2.24) is 19.9 Å². The van der Waals surface area contributed by atoms with Gasteiger partial charge in [0, 0.05) is 24.2 Å². The van der Waals surface area contributed by atoms with Crippen molar-refractivity contribution in [2.45, 2.75) is 51.6 Å². The van der Waals surface area contributed by atoms with Crippen LogP contribution >= 0.6 is 0 Å². The summed E-state index contributed by atoms with van der Waals surface area (Å²) in [5.41, 5.74) is 8.72. The molecule has 0 spiro atoms. The molecule has 12 heteroatoms. The van der Waals surface area contributed by atoms with Crippen molar-refractivity contribution >= 4 is 22.8 Å². The number of fused-ring (bicyclic) bond motifs is 1. The minimum absolute atomic E-state index is 0.146. The molecule has 2 amide bonds. The Kier molecular flexibility index (Phi) is 8.91. The van der Waals surface area contributed by atoms with E-state index in [1.165, 1.54) is 29.2 Å². The number of nitrogens with one attached hydrogen (secondary N) is 1. The maximum absolute atomic E-state index is 14.6. The van der Waals surface area contributed by atoms with Crippen LogP contribution in [-0.4, -0.2) is 32.3 Å². The van der Waals surface area contributed by atoms with Crippen LogP contribution in [0.4, 0.5) is 22.0 Å². The van der Waals surface area contributed by atoms with E-state index in [-0.39, 0.29) is 23.2 Å². The van der Waals surface area contributed by atoms with Gasteiger partial charge >= 0.3 is 0 Å². The molecule has 0 saturated carbocycles. The zero-order valence-corrected chi connectivity index (χ0v) is 25.1. The number of aryl methyl sites for hydroxylation is 2.